The maximum absolute atomic E-state index is 5.87. The zero-order valence-corrected chi connectivity index (χ0v) is 14.6. The molecule has 1 rings (SSSR count). The first-order chi connectivity index (χ1) is 8.86. The number of ether oxygens (including phenoxy) is 1. The molecule has 1 unspecified atom stereocenters. The summed E-state index contributed by atoms with van der Waals surface area (Å²) in [5, 5.41) is 3.01. The Kier molecular flexibility index (Phi) is 7.43. The Hall–Kier alpha value is -1.42. The number of nitrogens with zero attached hydrogens (tertiary/aromatic N) is 1. The third-order valence-corrected chi connectivity index (χ3v) is 2.59. The Morgan fingerprint density at radius 3 is 2.60 bits per heavy atom. The summed E-state index contributed by atoms with van der Waals surface area (Å²) in [7, 11) is 1.62. The van der Waals surface area contributed by atoms with Gasteiger partial charge in [-0.2, -0.15) is 0 Å². The third kappa shape index (κ3) is 5.70. The number of methoxy groups -OCH3 is 1. The summed E-state index contributed by atoms with van der Waals surface area (Å²) in [6.45, 7) is 6.08. The van der Waals surface area contributed by atoms with Gasteiger partial charge in [-0.25, -0.2) is 4.99 Å². The van der Waals surface area contributed by atoms with Crippen molar-refractivity contribution in [1.82, 2.24) is 0 Å². The minimum atomic E-state index is -0.273. The van der Waals surface area contributed by atoms with Gasteiger partial charge in [0.2, 0.25) is 0 Å². The molecule has 3 N–H and O–H groups in total. The van der Waals surface area contributed by atoms with E-state index >= 15 is 0 Å². The fraction of sp³-hybridized carbons (Fsp3) is 0.400. The van der Waals surface area contributed by atoms with Crippen molar-refractivity contribution < 1.29 is 4.74 Å². The molecule has 1 aromatic carbocycles. The zero-order chi connectivity index (χ0) is 14.5. The molecule has 0 amide bonds. The largest absolute Gasteiger partial charge is 0.497 e. The second kappa shape index (κ2) is 8.00. The van der Waals surface area contributed by atoms with Crippen LogP contribution in [0.1, 0.15) is 20.8 Å². The molecule has 0 saturated carbocycles. The van der Waals surface area contributed by atoms with Gasteiger partial charge in [-0.1, -0.05) is 32.8 Å². The van der Waals surface area contributed by atoms with Gasteiger partial charge in [0.1, 0.15) is 11.8 Å². The van der Waals surface area contributed by atoms with Crippen molar-refractivity contribution in [3.63, 3.8) is 0 Å². The summed E-state index contributed by atoms with van der Waals surface area (Å²) in [6, 6.07) is 7.18. The fourth-order valence-electron chi connectivity index (χ4n) is 1.50. The first-order valence-electron chi connectivity index (χ1n) is 6.07. The van der Waals surface area contributed by atoms with Crippen LogP contribution in [0.25, 0.3) is 0 Å². The summed E-state index contributed by atoms with van der Waals surface area (Å²) in [5.41, 5.74) is 6.55. The maximum atomic E-state index is 5.87. The van der Waals surface area contributed by atoms with Crippen LogP contribution in [0.3, 0.4) is 0 Å². The molecule has 0 bridgehead atoms. The van der Waals surface area contributed by atoms with Gasteiger partial charge in [0, 0.05) is 11.8 Å². The van der Waals surface area contributed by atoms with Crippen molar-refractivity contribution >= 4 is 35.6 Å². The summed E-state index contributed by atoms with van der Waals surface area (Å²) >= 11 is 0. The fourth-order valence-corrected chi connectivity index (χ4v) is 1.50. The third-order valence-electron chi connectivity index (χ3n) is 2.59. The number of hydrogen-bond acceptors (Lipinski definition) is 2. The lowest BCUT2D eigenvalue weighted by atomic mass is 9.88. The number of halogens is 1. The molecule has 0 aliphatic heterocycles. The molecule has 4 nitrogen and oxygen atoms in total. The minimum absolute atomic E-state index is 0. The van der Waals surface area contributed by atoms with Gasteiger partial charge >= 0.3 is 0 Å². The van der Waals surface area contributed by atoms with Crippen LogP contribution in [0.2, 0.25) is 0 Å². The lowest BCUT2D eigenvalue weighted by Crippen LogP contribution is -2.30. The number of rotatable bonds is 3. The van der Waals surface area contributed by atoms with Gasteiger partial charge in [-0.05, 0) is 17.5 Å². The highest BCUT2D eigenvalue weighted by Crippen LogP contribution is 2.22. The predicted molar refractivity (Wildman–Crippen MR) is 95.7 cm³/mol. The summed E-state index contributed by atoms with van der Waals surface area (Å²) in [4.78, 5) is 4.32. The predicted octanol–water partition coefficient (Wildman–Crippen LogP) is 3.09. The van der Waals surface area contributed by atoms with Crippen LogP contribution in [0.15, 0.2) is 29.3 Å². The van der Waals surface area contributed by atoms with E-state index in [9.17, 15) is 0 Å². The summed E-state index contributed by atoms with van der Waals surface area (Å²) < 4.78 is 5.14. The molecule has 1 aromatic rings. The molecule has 0 heterocycles. The van der Waals surface area contributed by atoms with Crippen LogP contribution in [-0.4, -0.2) is 19.1 Å². The second-order valence-corrected chi connectivity index (χ2v) is 5.31. The van der Waals surface area contributed by atoms with Crippen molar-refractivity contribution in [2.75, 3.05) is 12.4 Å². The van der Waals surface area contributed by atoms with Crippen LogP contribution in [0, 0.1) is 17.8 Å². The lowest BCUT2D eigenvalue weighted by molar-refractivity contribution is 0.376. The SMILES string of the molecule is C#CC(N=C(N)Nc1cccc(OC)c1)C(C)(C)C.I. The smallest absolute Gasteiger partial charge is 0.194 e. The number of nitrogens with two attached hydrogens (primary N) is 1. The highest BCUT2D eigenvalue weighted by Gasteiger charge is 2.22. The first-order valence-corrected chi connectivity index (χ1v) is 6.07. The van der Waals surface area contributed by atoms with E-state index in [1.165, 1.54) is 0 Å². The highest BCUT2D eigenvalue weighted by atomic mass is 127. The standard InChI is InChI=1S/C15H21N3O.HI/c1-6-13(15(2,3)4)18-14(16)17-11-8-7-9-12(10-11)19-5;/h1,7-10,13H,2-5H3,(H3,16,17,18);1H. The Labute approximate surface area is 138 Å². The average molecular weight is 387 g/mol. The van der Waals surface area contributed by atoms with E-state index in [-0.39, 0.29) is 35.4 Å². The quantitative estimate of drug-likeness (QED) is 0.363. The van der Waals surface area contributed by atoms with Crippen LogP contribution in [-0.2, 0) is 0 Å². The monoisotopic (exact) mass is 387 g/mol. The Morgan fingerprint density at radius 2 is 2.10 bits per heavy atom. The van der Waals surface area contributed by atoms with E-state index in [4.69, 9.17) is 16.9 Å². The summed E-state index contributed by atoms with van der Waals surface area (Å²) in [6.07, 6.45) is 5.49. The molecule has 110 valence electrons. The molecule has 5 heteroatoms. The lowest BCUT2D eigenvalue weighted by Gasteiger charge is -2.23. The number of hydrogen-bond donors (Lipinski definition) is 2. The molecular weight excluding hydrogens is 365 g/mol. The second-order valence-electron chi connectivity index (χ2n) is 5.31. The number of nitrogens with one attached hydrogen (secondary N) is 1. The van der Waals surface area contributed by atoms with Gasteiger partial charge < -0.3 is 15.8 Å². The van der Waals surface area contributed by atoms with Gasteiger partial charge in [0.05, 0.1) is 7.11 Å². The number of terminal acetylenes is 1. The molecule has 0 aliphatic rings. The van der Waals surface area contributed by atoms with Crippen molar-refractivity contribution in [2.45, 2.75) is 26.8 Å². The van der Waals surface area contributed by atoms with Crippen LogP contribution >= 0.6 is 24.0 Å². The topological polar surface area (TPSA) is 59.6 Å². The highest BCUT2D eigenvalue weighted by molar-refractivity contribution is 14.0. The van der Waals surface area contributed by atoms with Crippen LogP contribution in [0.4, 0.5) is 5.69 Å². The van der Waals surface area contributed by atoms with Gasteiger partial charge in [-0.3, -0.25) is 0 Å². The normalized spacial score (nSPS) is 12.8. The van der Waals surface area contributed by atoms with E-state index in [0.29, 0.717) is 5.96 Å². The molecule has 0 radical (unpaired) electrons. The zero-order valence-electron chi connectivity index (χ0n) is 12.3. The molecule has 1 atom stereocenters. The molecule has 0 saturated heterocycles. The molecule has 0 aliphatic carbocycles. The van der Waals surface area contributed by atoms with Crippen LogP contribution in [0.5, 0.6) is 5.75 Å². The van der Waals surface area contributed by atoms with E-state index in [1.807, 2.05) is 45.0 Å². The first kappa shape index (κ1) is 18.6. The number of guanidine groups is 1. The van der Waals surface area contributed by atoms with Crippen molar-refractivity contribution in [3.05, 3.63) is 24.3 Å². The average Bonchev–Trinajstić information content (AvgIpc) is 2.34. The Morgan fingerprint density at radius 1 is 1.45 bits per heavy atom. The minimum Gasteiger partial charge on any atom is -0.497 e. The number of benzene rings is 1. The summed E-state index contributed by atoms with van der Waals surface area (Å²) in [5.74, 6) is 3.70. The Balaban J connectivity index is 0.00000361. The maximum Gasteiger partial charge on any atom is 0.194 e. The van der Waals surface area contributed by atoms with Crippen molar-refractivity contribution in [2.24, 2.45) is 16.1 Å². The molecular formula is C15H22IN3O. The molecule has 20 heavy (non-hydrogen) atoms. The van der Waals surface area contributed by atoms with E-state index in [1.54, 1.807) is 7.11 Å². The van der Waals surface area contributed by atoms with Crippen molar-refractivity contribution in [3.8, 4) is 18.1 Å². The number of anilines is 1. The molecule has 0 fully saturated rings. The van der Waals surface area contributed by atoms with Crippen LogP contribution < -0.4 is 15.8 Å². The Bertz CT molecular complexity index is 501. The van der Waals surface area contributed by atoms with E-state index in [2.05, 4.69) is 16.2 Å². The van der Waals surface area contributed by atoms with E-state index in [0.717, 1.165) is 11.4 Å². The van der Waals surface area contributed by atoms with Crippen molar-refractivity contribution in [1.29, 1.82) is 0 Å². The van der Waals surface area contributed by atoms with E-state index < -0.39 is 0 Å². The molecule has 0 spiro atoms. The van der Waals surface area contributed by atoms with Gasteiger partial charge in [-0.15, -0.1) is 30.4 Å². The number of aliphatic imine (C=N–C) groups is 1. The van der Waals surface area contributed by atoms with Gasteiger partial charge in [0.25, 0.3) is 0 Å². The van der Waals surface area contributed by atoms with Gasteiger partial charge in [0.15, 0.2) is 5.96 Å². The molecule has 0 aromatic heterocycles.